The lowest BCUT2D eigenvalue weighted by Gasteiger charge is -2.30. The normalized spacial score (nSPS) is 15.4. The van der Waals surface area contributed by atoms with Crippen molar-refractivity contribution in [2.24, 2.45) is 0 Å². The van der Waals surface area contributed by atoms with Gasteiger partial charge >= 0.3 is 0 Å². The first-order valence-electron chi connectivity index (χ1n) is 6.30. The standard InChI is InChI=1S/C16H15NO2S/c1-11(2)12-8-9-16-14(10-12)17(3)13-6-4-5-7-15(13)20(16,18)19/h4-10H,1H2,2-3H3. The SMILES string of the molecule is C=C(C)c1ccc2c(c1)N(C)c1ccccc1S2(=O)=O. The van der Waals surface area contributed by atoms with E-state index >= 15 is 0 Å². The number of nitrogens with zero attached hydrogens (tertiary/aromatic N) is 1. The van der Waals surface area contributed by atoms with Crippen LogP contribution in [0.5, 0.6) is 0 Å². The van der Waals surface area contributed by atoms with Crippen molar-refractivity contribution in [1.82, 2.24) is 0 Å². The van der Waals surface area contributed by atoms with Crippen molar-refractivity contribution in [2.75, 3.05) is 11.9 Å². The highest BCUT2D eigenvalue weighted by Crippen LogP contribution is 2.43. The van der Waals surface area contributed by atoms with Crippen LogP contribution in [0.1, 0.15) is 12.5 Å². The van der Waals surface area contributed by atoms with Gasteiger partial charge in [-0.1, -0.05) is 30.4 Å². The molecule has 0 aliphatic carbocycles. The monoisotopic (exact) mass is 285 g/mol. The van der Waals surface area contributed by atoms with E-state index in [0.29, 0.717) is 21.2 Å². The van der Waals surface area contributed by atoms with Crippen molar-refractivity contribution in [3.05, 3.63) is 54.6 Å². The largest absolute Gasteiger partial charge is 0.342 e. The van der Waals surface area contributed by atoms with Gasteiger partial charge in [-0.15, -0.1) is 0 Å². The Kier molecular flexibility index (Phi) is 2.73. The molecular formula is C16H15NO2S. The third kappa shape index (κ3) is 1.68. The Bertz CT molecular complexity index is 822. The fraction of sp³-hybridized carbons (Fsp3) is 0.125. The summed E-state index contributed by atoms with van der Waals surface area (Å²) >= 11 is 0. The van der Waals surface area contributed by atoms with Gasteiger partial charge in [0.2, 0.25) is 9.84 Å². The molecule has 0 N–H and O–H groups in total. The van der Waals surface area contributed by atoms with Gasteiger partial charge in [-0.3, -0.25) is 0 Å². The zero-order chi connectivity index (χ0) is 14.5. The summed E-state index contributed by atoms with van der Waals surface area (Å²) in [4.78, 5) is 2.62. The molecule has 0 fully saturated rings. The zero-order valence-electron chi connectivity index (χ0n) is 11.4. The van der Waals surface area contributed by atoms with Crippen LogP contribution in [-0.2, 0) is 9.84 Å². The number of sulfone groups is 1. The molecule has 0 aromatic heterocycles. The van der Waals surface area contributed by atoms with E-state index in [4.69, 9.17) is 0 Å². The van der Waals surface area contributed by atoms with Crippen LogP contribution in [0.15, 0.2) is 58.8 Å². The molecule has 0 amide bonds. The Morgan fingerprint density at radius 1 is 1.05 bits per heavy atom. The third-order valence-corrected chi connectivity index (χ3v) is 5.47. The average Bonchev–Trinajstić information content (AvgIpc) is 2.44. The minimum atomic E-state index is -3.45. The van der Waals surface area contributed by atoms with Crippen LogP contribution in [0, 0.1) is 0 Å². The van der Waals surface area contributed by atoms with E-state index in [1.54, 1.807) is 24.3 Å². The minimum Gasteiger partial charge on any atom is -0.342 e. The maximum atomic E-state index is 12.7. The summed E-state index contributed by atoms with van der Waals surface area (Å²) in [6, 6.07) is 12.4. The van der Waals surface area contributed by atoms with Crippen molar-refractivity contribution >= 4 is 26.8 Å². The van der Waals surface area contributed by atoms with E-state index in [9.17, 15) is 8.42 Å². The summed E-state index contributed by atoms with van der Waals surface area (Å²) < 4.78 is 25.3. The summed E-state index contributed by atoms with van der Waals surface area (Å²) in [6.07, 6.45) is 0. The highest BCUT2D eigenvalue weighted by Gasteiger charge is 2.32. The highest BCUT2D eigenvalue weighted by molar-refractivity contribution is 7.92. The fourth-order valence-corrected chi connectivity index (χ4v) is 4.18. The number of allylic oxidation sites excluding steroid dienone is 1. The molecule has 102 valence electrons. The third-order valence-electron chi connectivity index (χ3n) is 3.62. The van der Waals surface area contributed by atoms with E-state index in [-0.39, 0.29) is 0 Å². The van der Waals surface area contributed by atoms with Gasteiger partial charge in [0.15, 0.2) is 0 Å². The van der Waals surface area contributed by atoms with Crippen molar-refractivity contribution in [3.63, 3.8) is 0 Å². The van der Waals surface area contributed by atoms with Crippen molar-refractivity contribution in [3.8, 4) is 0 Å². The Morgan fingerprint density at radius 3 is 2.40 bits per heavy atom. The van der Waals surface area contributed by atoms with Gasteiger partial charge in [-0.05, 0) is 36.8 Å². The van der Waals surface area contributed by atoms with Crippen LogP contribution in [0.2, 0.25) is 0 Å². The number of hydrogen-bond donors (Lipinski definition) is 0. The van der Waals surface area contributed by atoms with Gasteiger partial charge in [-0.25, -0.2) is 8.42 Å². The maximum Gasteiger partial charge on any atom is 0.210 e. The Balaban J connectivity index is 2.34. The number of fused-ring (bicyclic) bond motifs is 2. The molecule has 0 saturated heterocycles. The van der Waals surface area contributed by atoms with Gasteiger partial charge in [0.25, 0.3) is 0 Å². The molecule has 0 unspecified atom stereocenters. The molecule has 1 aliphatic heterocycles. The summed E-state index contributed by atoms with van der Waals surface area (Å²) in [6.45, 7) is 5.82. The quantitative estimate of drug-likeness (QED) is 0.803. The number of benzene rings is 2. The molecule has 3 rings (SSSR count). The molecule has 0 radical (unpaired) electrons. The molecule has 0 atom stereocenters. The van der Waals surface area contributed by atoms with E-state index in [2.05, 4.69) is 6.58 Å². The molecule has 3 nitrogen and oxygen atoms in total. The zero-order valence-corrected chi connectivity index (χ0v) is 12.2. The molecule has 0 spiro atoms. The Labute approximate surface area is 119 Å². The minimum absolute atomic E-state index is 0.351. The number of anilines is 2. The Morgan fingerprint density at radius 2 is 1.70 bits per heavy atom. The smallest absolute Gasteiger partial charge is 0.210 e. The average molecular weight is 285 g/mol. The van der Waals surface area contributed by atoms with E-state index in [1.807, 2.05) is 37.1 Å². The Hall–Kier alpha value is -2.07. The van der Waals surface area contributed by atoms with Gasteiger partial charge in [0, 0.05) is 7.05 Å². The molecule has 0 saturated carbocycles. The van der Waals surface area contributed by atoms with Crippen molar-refractivity contribution in [2.45, 2.75) is 16.7 Å². The topological polar surface area (TPSA) is 37.4 Å². The predicted octanol–water partition coefficient (Wildman–Crippen LogP) is 3.63. The lowest BCUT2D eigenvalue weighted by Crippen LogP contribution is -2.22. The van der Waals surface area contributed by atoms with Crippen LogP contribution in [0.25, 0.3) is 5.57 Å². The van der Waals surface area contributed by atoms with Gasteiger partial charge in [0.1, 0.15) is 0 Å². The van der Waals surface area contributed by atoms with Crippen LogP contribution in [0.4, 0.5) is 11.4 Å². The highest BCUT2D eigenvalue weighted by atomic mass is 32.2. The first-order chi connectivity index (χ1) is 9.43. The first kappa shape index (κ1) is 12.9. The number of hydrogen-bond acceptors (Lipinski definition) is 3. The predicted molar refractivity (Wildman–Crippen MR) is 81.1 cm³/mol. The lowest BCUT2D eigenvalue weighted by atomic mass is 10.1. The molecule has 4 heteroatoms. The molecule has 20 heavy (non-hydrogen) atoms. The van der Waals surface area contributed by atoms with Gasteiger partial charge in [-0.2, -0.15) is 0 Å². The van der Waals surface area contributed by atoms with E-state index < -0.39 is 9.84 Å². The van der Waals surface area contributed by atoms with E-state index in [1.165, 1.54) is 0 Å². The second kappa shape index (κ2) is 4.21. The fourth-order valence-electron chi connectivity index (χ4n) is 2.48. The number of para-hydroxylation sites is 1. The number of rotatable bonds is 1. The second-order valence-electron chi connectivity index (χ2n) is 4.99. The van der Waals surface area contributed by atoms with Gasteiger partial charge in [0.05, 0.1) is 21.2 Å². The summed E-state index contributed by atoms with van der Waals surface area (Å²) in [5, 5.41) is 0. The molecule has 2 aromatic rings. The summed E-state index contributed by atoms with van der Waals surface area (Å²) in [7, 11) is -1.56. The molecular weight excluding hydrogens is 270 g/mol. The van der Waals surface area contributed by atoms with Crippen LogP contribution >= 0.6 is 0 Å². The van der Waals surface area contributed by atoms with Crippen LogP contribution in [0.3, 0.4) is 0 Å². The van der Waals surface area contributed by atoms with Crippen LogP contribution in [-0.4, -0.2) is 15.5 Å². The second-order valence-corrected chi connectivity index (χ2v) is 6.88. The van der Waals surface area contributed by atoms with Crippen molar-refractivity contribution < 1.29 is 8.42 Å². The van der Waals surface area contributed by atoms with Crippen molar-refractivity contribution in [1.29, 1.82) is 0 Å². The molecule has 0 bridgehead atoms. The first-order valence-corrected chi connectivity index (χ1v) is 7.79. The van der Waals surface area contributed by atoms with Crippen LogP contribution < -0.4 is 4.90 Å². The lowest BCUT2D eigenvalue weighted by molar-refractivity contribution is 0.594. The molecule has 2 aromatic carbocycles. The van der Waals surface area contributed by atoms with E-state index in [0.717, 1.165) is 11.1 Å². The van der Waals surface area contributed by atoms with Gasteiger partial charge < -0.3 is 4.90 Å². The molecule has 1 heterocycles. The molecule has 1 aliphatic rings. The summed E-state index contributed by atoms with van der Waals surface area (Å²) in [5.74, 6) is 0. The maximum absolute atomic E-state index is 12.7. The summed E-state index contributed by atoms with van der Waals surface area (Å²) in [5.41, 5.74) is 3.27.